The average molecular weight is 1770 g/mol. The van der Waals surface area contributed by atoms with Gasteiger partial charge in [-0.2, -0.15) is 15.3 Å². The van der Waals surface area contributed by atoms with E-state index >= 15 is 0 Å². The number of benzene rings is 5. The largest absolute Gasteiger partial charge is 0.461 e. The monoisotopic (exact) mass is 1780 g/mol. The summed E-state index contributed by atoms with van der Waals surface area (Å²) in [6.45, 7) is 82.7. The van der Waals surface area contributed by atoms with E-state index in [1.807, 2.05) is 118 Å². The molecule has 0 aliphatic heterocycles. The number of aromatic nitrogens is 12. The molecule has 0 saturated carbocycles. The van der Waals surface area contributed by atoms with Gasteiger partial charge in [-0.3, -0.25) is 20.1 Å². The van der Waals surface area contributed by atoms with Gasteiger partial charge < -0.3 is 13.3 Å². The van der Waals surface area contributed by atoms with Gasteiger partial charge in [0, 0.05) is 61.1 Å². The molecule has 0 fully saturated rings. The third kappa shape index (κ3) is 68.7. The summed E-state index contributed by atoms with van der Waals surface area (Å²) in [4.78, 5) is 33.6. The van der Waals surface area contributed by atoms with E-state index in [1.54, 1.807) is 23.7 Å². The lowest BCUT2D eigenvalue weighted by Gasteiger charge is -2.18. The zero-order valence-electron chi connectivity index (χ0n) is 86.0. The third-order valence-electron chi connectivity index (χ3n) is 13.5. The fraction of sp³-hybridized carbons (Fsp3) is 0.490. The number of hydrogen-bond acceptors (Lipinski definition) is 17. The second-order valence-electron chi connectivity index (χ2n) is 37.5. The predicted molar refractivity (Wildman–Crippen MR) is 575 cm³/mol. The number of oxazole rings is 3. The summed E-state index contributed by atoms with van der Waals surface area (Å²) < 4.78 is 17.8. The Kier molecular flexibility index (Phi) is 70.0. The maximum Gasteiger partial charge on any atom is 0.200 e. The molecule has 0 atom stereocenters. The Balaban J connectivity index is -0.000000315. The van der Waals surface area contributed by atoms with Gasteiger partial charge in [-0.15, -0.1) is 34.0 Å². The van der Waals surface area contributed by atoms with E-state index in [4.69, 9.17) is 48.1 Å². The number of hydrogen-bond donors (Lipinski definition) is 1. The lowest BCUT2D eigenvalue weighted by Crippen LogP contribution is -2.13. The molecular weight excluding hydrogens is 1620 g/mol. The van der Waals surface area contributed by atoms with E-state index in [-0.39, 0.29) is 38.7 Å². The molecule has 5 aromatic carbocycles. The van der Waals surface area contributed by atoms with E-state index in [9.17, 15) is 0 Å². The van der Waals surface area contributed by atoms with Crippen molar-refractivity contribution in [3.63, 3.8) is 0 Å². The predicted octanol–water partition coefficient (Wildman–Crippen LogP) is 24.4. The van der Waals surface area contributed by atoms with Gasteiger partial charge in [-0.1, -0.05) is 342 Å². The highest BCUT2D eigenvalue weighted by Gasteiger charge is 2.22. The molecule has 28 heteroatoms. The first-order chi connectivity index (χ1) is 59.4. The Morgan fingerprint density at radius 2 is 0.828 bits per heavy atom. The first kappa shape index (κ1) is 130. The molecule has 20 radical (unpaired) electrons. The van der Waals surface area contributed by atoms with E-state index in [1.165, 1.54) is 102 Å². The summed E-state index contributed by atoms with van der Waals surface area (Å²) in [6, 6.07) is 48.8. The molecule has 0 saturated heterocycles. The first-order valence-corrected chi connectivity index (χ1v) is 45.4. The van der Waals surface area contributed by atoms with Gasteiger partial charge >= 0.3 is 0 Å². The molecule has 9 heterocycles. The molecule has 0 unspecified atom stereocenters. The number of rotatable bonds is 0. The Labute approximate surface area is 802 Å². The van der Waals surface area contributed by atoms with Crippen molar-refractivity contribution in [2.24, 2.45) is 16.2 Å². The molecule has 0 bridgehead atoms. The molecule has 128 heavy (non-hydrogen) atoms. The number of pyridine rings is 1. The van der Waals surface area contributed by atoms with Crippen LogP contribution in [0.15, 0.2) is 202 Å². The lowest BCUT2D eigenvalue weighted by molar-refractivity contribution is 0.411. The molecule has 15 nitrogen and oxygen atoms in total. The smallest absolute Gasteiger partial charge is 0.200 e. The van der Waals surface area contributed by atoms with Crippen molar-refractivity contribution < 1.29 is 13.3 Å². The second kappa shape index (κ2) is 68.7. The van der Waals surface area contributed by atoms with E-state index in [0.717, 1.165) is 55.2 Å². The van der Waals surface area contributed by atoms with Crippen LogP contribution in [0, 0.1) is 23.2 Å². The van der Waals surface area contributed by atoms with Crippen LogP contribution >= 0.6 is 34.0 Å². The van der Waals surface area contributed by atoms with Gasteiger partial charge in [0.2, 0.25) is 5.89 Å². The highest BCUT2D eigenvalue weighted by Crippen LogP contribution is 2.32. The van der Waals surface area contributed by atoms with Crippen molar-refractivity contribution in [3.8, 4) is 0 Å². The van der Waals surface area contributed by atoms with Crippen molar-refractivity contribution in [2.75, 3.05) is 0 Å². The number of aromatic amines is 1. The van der Waals surface area contributed by atoms with Crippen LogP contribution in [-0.4, -0.2) is 139 Å². The highest BCUT2D eigenvalue weighted by atomic mass is 32.1. The molecule has 1 N–H and O–H groups in total. The minimum atomic E-state index is -0.0149. The Morgan fingerprint density at radius 1 is 0.344 bits per heavy atom. The van der Waals surface area contributed by atoms with E-state index in [2.05, 4.69) is 385 Å². The fourth-order valence-electron chi connectivity index (χ4n) is 7.98. The molecule has 678 valence electrons. The van der Waals surface area contributed by atoms with E-state index < -0.39 is 0 Å². The molecule has 0 spiro atoms. The standard InChI is InChI=1S/C11H12BNO.C11H13NO.C11H13NS.C10H14.C9H13N.C8H6BNS.C8H12N2.3C5H12.C3H2BNO.C3H2BNS.C2H2BN3.2C2H6.5CH3B/c1-11(2,3)7-4-5-9-8(6-7)13-10(12)14-9;2*1-11(2,3)10-12-8-6-4-5-7-9(8)13-10;1-10(2,3)9-7-5-4-6-8-9;1-9(2,3)8-6-4-5-7-10-8;1-5-2-3-7-6(4-5)10-8(9)11-7;1-8(2,3)7-5-4-6-9-10-7;3*1-5(2,3)4;2*4-3-5-1-2-6-3;3-2-4-1-5-6-2;7*1-2/h4-6H,1-3H3;2*4-7H,1-3H3;4-8H,1-3H3;4-7H,1-3H3;2-4H,1H3;4-6H,1-3H3;3*1-4H3;2*1-2H;1H,(H,4,5,6);2*1-2H3;5*1H3. The average Bonchev–Trinajstić information content (AvgIpc) is 1.67. The van der Waals surface area contributed by atoms with Gasteiger partial charge in [-0.05, 0) is 123 Å². The van der Waals surface area contributed by atoms with Gasteiger partial charge in [-0.25, -0.2) is 24.9 Å². The summed E-state index contributed by atoms with van der Waals surface area (Å²) in [5.41, 5.74) is 14.3. The SMILES string of the molecule is CC.CC.CC(C)(C)C.CC(C)(C)C.CC(C)(C)C.CC(C)(C)c1ccccc1.CC(C)(C)c1ccccn1.CC(C)(C)c1cccnn1.CC(C)(C)c1nc2ccccc2o1.CC(C)(C)c1nc2ccccc2s1.[B]C.[B]C.[B]C.[B]C.[B]C.[B]c1nc2cc(C(C)(C)C)ccc2o1.[B]c1nc2cc(C)ccc2s1.[B]c1ncco1.[B]c1nccs1.[B]c1ncn[nH]1. The maximum absolute atomic E-state index is 5.62. The van der Waals surface area contributed by atoms with Crippen LogP contribution < -0.4 is 27.1 Å². The third-order valence-corrected chi connectivity index (χ3v) is 16.4. The van der Waals surface area contributed by atoms with Crippen LogP contribution in [0.25, 0.3) is 42.6 Å². The number of H-pyrrole nitrogens is 1. The zero-order valence-corrected chi connectivity index (χ0v) is 88.5. The maximum atomic E-state index is 5.62. The first-order valence-electron chi connectivity index (χ1n) is 42.9. The molecular formula is C100H152B10N12O3S3. The van der Waals surface area contributed by atoms with Crippen molar-refractivity contribution in [2.45, 2.75) is 309 Å². The van der Waals surface area contributed by atoms with Crippen LogP contribution in [0.1, 0.15) is 274 Å². The topological polar surface area (TPSA) is 197 Å². The van der Waals surface area contributed by atoms with Crippen LogP contribution in [0.2, 0.25) is 34.1 Å². The molecule has 0 aliphatic carbocycles. The minimum Gasteiger partial charge on any atom is -0.461 e. The summed E-state index contributed by atoms with van der Waals surface area (Å²) >= 11 is 4.77. The number of aryl methyl sites for hydroxylation is 1. The summed E-state index contributed by atoms with van der Waals surface area (Å²) in [5, 5.41) is 16.7. The molecule has 0 amide bonds. The van der Waals surface area contributed by atoms with Crippen LogP contribution in [-0.2, 0) is 32.5 Å². The van der Waals surface area contributed by atoms with Gasteiger partial charge in [0.15, 0.2) is 50.4 Å². The number of nitrogens with one attached hydrogen (secondary N) is 1. The van der Waals surface area contributed by atoms with Gasteiger partial charge in [0.25, 0.3) is 0 Å². The van der Waals surface area contributed by atoms with Crippen LogP contribution in [0.4, 0.5) is 0 Å². The Bertz CT molecular complexity index is 4480. The van der Waals surface area contributed by atoms with Crippen molar-refractivity contribution >= 4 is 182 Å². The summed E-state index contributed by atoms with van der Waals surface area (Å²) in [5.74, 6) is 1.25. The van der Waals surface area contributed by atoms with Crippen LogP contribution in [0.5, 0.6) is 0 Å². The second-order valence-corrected chi connectivity index (χ2v) is 40.6. The number of nitrogens with zero attached hydrogens (tertiary/aromatic N) is 11. The number of para-hydroxylation sites is 3. The Morgan fingerprint density at radius 3 is 1.18 bits per heavy atom. The number of thiazole rings is 3. The summed E-state index contributed by atoms with van der Waals surface area (Å²) in [7, 11) is 48.8. The minimum absolute atomic E-state index is 0.0149. The highest BCUT2D eigenvalue weighted by molar-refractivity contribution is 7.25. The zero-order chi connectivity index (χ0) is 101. The molecule has 14 rings (SSSR count). The van der Waals surface area contributed by atoms with Crippen molar-refractivity contribution in [3.05, 3.63) is 227 Å². The normalized spacial score (nSPS) is 10.3. The summed E-state index contributed by atoms with van der Waals surface area (Å²) in [6.07, 6.45) is 9.48. The van der Waals surface area contributed by atoms with Gasteiger partial charge in [0.1, 0.15) is 35.2 Å². The Hall–Kier alpha value is -8.32. The molecule has 0 aliphatic rings. The van der Waals surface area contributed by atoms with E-state index in [0.29, 0.717) is 37.2 Å². The number of fused-ring (bicyclic) bond motifs is 4. The van der Waals surface area contributed by atoms with Crippen molar-refractivity contribution in [1.82, 2.24) is 60.3 Å². The van der Waals surface area contributed by atoms with Crippen LogP contribution in [0.3, 0.4) is 0 Å². The lowest BCUT2D eigenvalue weighted by atomic mass is 9.87. The van der Waals surface area contributed by atoms with Gasteiger partial charge in [0.05, 0.1) is 82.3 Å². The quantitative estimate of drug-likeness (QED) is 0.141. The van der Waals surface area contributed by atoms with Crippen molar-refractivity contribution in [1.29, 1.82) is 0 Å². The molecule has 9 aromatic heterocycles. The molecule has 14 aromatic rings. The fourth-order valence-corrected chi connectivity index (χ4v) is 10.1.